The van der Waals surface area contributed by atoms with Crippen molar-refractivity contribution in [2.24, 2.45) is 5.73 Å². The Morgan fingerprint density at radius 3 is 2.92 bits per heavy atom. The van der Waals surface area contributed by atoms with Crippen molar-refractivity contribution in [1.82, 2.24) is 0 Å². The number of ether oxygens (including phenoxy) is 1. The Hall–Kier alpha value is -1.10. The van der Waals surface area contributed by atoms with Gasteiger partial charge in [-0.2, -0.15) is 0 Å². The lowest BCUT2D eigenvalue weighted by Crippen LogP contribution is -2.12. The number of halogens is 2. The molecule has 0 heterocycles. The van der Waals surface area contributed by atoms with E-state index in [4.69, 9.17) is 5.73 Å². The standard InChI is InChI=1S/C8H7BrFNO2/c9-7-2-1-6(10)3-5(7)4-13-8(11)12/h1-3H,4H2,(H2,11,12). The number of hydrogen-bond acceptors (Lipinski definition) is 2. The molecule has 70 valence electrons. The number of benzene rings is 1. The van der Waals surface area contributed by atoms with Gasteiger partial charge in [0.1, 0.15) is 12.4 Å². The molecule has 0 fully saturated rings. The van der Waals surface area contributed by atoms with Crippen molar-refractivity contribution in [2.45, 2.75) is 6.61 Å². The van der Waals surface area contributed by atoms with E-state index in [2.05, 4.69) is 20.7 Å². The van der Waals surface area contributed by atoms with Crippen LogP contribution in [0.3, 0.4) is 0 Å². The summed E-state index contributed by atoms with van der Waals surface area (Å²) in [4.78, 5) is 10.3. The quantitative estimate of drug-likeness (QED) is 0.871. The van der Waals surface area contributed by atoms with Gasteiger partial charge in [-0.25, -0.2) is 9.18 Å². The zero-order valence-electron chi connectivity index (χ0n) is 6.59. The molecule has 1 aromatic rings. The maximum atomic E-state index is 12.7. The van der Waals surface area contributed by atoms with Gasteiger partial charge < -0.3 is 10.5 Å². The molecule has 1 amide bonds. The van der Waals surface area contributed by atoms with Gasteiger partial charge in [0.25, 0.3) is 0 Å². The maximum absolute atomic E-state index is 12.7. The van der Waals surface area contributed by atoms with Crippen molar-refractivity contribution in [1.29, 1.82) is 0 Å². The Morgan fingerprint density at radius 1 is 1.62 bits per heavy atom. The van der Waals surface area contributed by atoms with Crippen LogP contribution in [0.4, 0.5) is 9.18 Å². The van der Waals surface area contributed by atoms with Crippen molar-refractivity contribution >= 4 is 22.0 Å². The number of primary amides is 1. The highest BCUT2D eigenvalue weighted by Crippen LogP contribution is 2.18. The Labute approximate surface area is 82.8 Å². The van der Waals surface area contributed by atoms with Gasteiger partial charge in [0, 0.05) is 10.0 Å². The lowest BCUT2D eigenvalue weighted by atomic mass is 10.2. The first-order chi connectivity index (χ1) is 6.09. The molecule has 0 saturated heterocycles. The monoisotopic (exact) mass is 247 g/mol. The molecule has 0 atom stereocenters. The number of carbonyl (C=O) groups is 1. The molecule has 1 rings (SSSR count). The highest BCUT2D eigenvalue weighted by Gasteiger charge is 2.03. The summed E-state index contributed by atoms with van der Waals surface area (Å²) in [6.07, 6.45) is -0.879. The summed E-state index contributed by atoms with van der Waals surface area (Å²) in [5.41, 5.74) is 5.30. The fourth-order valence-corrected chi connectivity index (χ4v) is 1.16. The van der Waals surface area contributed by atoms with Crippen molar-refractivity contribution in [3.8, 4) is 0 Å². The van der Waals surface area contributed by atoms with Crippen LogP contribution in [-0.4, -0.2) is 6.09 Å². The Bertz CT molecular complexity index is 330. The maximum Gasteiger partial charge on any atom is 0.404 e. The van der Waals surface area contributed by atoms with Gasteiger partial charge in [0.2, 0.25) is 0 Å². The molecule has 0 aromatic heterocycles. The summed E-state index contributed by atoms with van der Waals surface area (Å²) in [5, 5.41) is 0. The molecule has 0 unspecified atom stereocenters. The van der Waals surface area contributed by atoms with Crippen LogP contribution in [0.1, 0.15) is 5.56 Å². The second-order valence-corrected chi connectivity index (χ2v) is 3.20. The summed E-state index contributed by atoms with van der Waals surface area (Å²) < 4.78 is 17.9. The largest absolute Gasteiger partial charge is 0.445 e. The second-order valence-electron chi connectivity index (χ2n) is 2.34. The van der Waals surface area contributed by atoms with Crippen LogP contribution in [0.5, 0.6) is 0 Å². The van der Waals surface area contributed by atoms with Gasteiger partial charge in [-0.1, -0.05) is 15.9 Å². The smallest absolute Gasteiger partial charge is 0.404 e. The summed E-state index contributed by atoms with van der Waals surface area (Å²) in [7, 11) is 0. The number of rotatable bonds is 2. The van der Waals surface area contributed by atoms with Crippen LogP contribution < -0.4 is 5.73 Å². The summed E-state index contributed by atoms with van der Waals surface area (Å²) >= 11 is 3.18. The summed E-state index contributed by atoms with van der Waals surface area (Å²) in [6, 6.07) is 4.11. The molecule has 0 radical (unpaired) electrons. The van der Waals surface area contributed by atoms with Gasteiger partial charge >= 0.3 is 6.09 Å². The van der Waals surface area contributed by atoms with Gasteiger partial charge in [-0.15, -0.1) is 0 Å². The van der Waals surface area contributed by atoms with E-state index < -0.39 is 6.09 Å². The second kappa shape index (κ2) is 4.23. The molecule has 5 heteroatoms. The van der Waals surface area contributed by atoms with Crippen LogP contribution in [0, 0.1) is 5.82 Å². The first kappa shape index (κ1) is 9.98. The van der Waals surface area contributed by atoms with Gasteiger partial charge in [-0.05, 0) is 18.2 Å². The lowest BCUT2D eigenvalue weighted by Gasteiger charge is -2.03. The van der Waals surface area contributed by atoms with E-state index in [1.54, 1.807) is 0 Å². The molecular weight excluding hydrogens is 241 g/mol. The molecule has 0 aliphatic carbocycles. The lowest BCUT2D eigenvalue weighted by molar-refractivity contribution is 0.150. The minimum Gasteiger partial charge on any atom is -0.445 e. The van der Waals surface area contributed by atoms with E-state index in [1.165, 1.54) is 18.2 Å². The normalized spacial score (nSPS) is 9.69. The zero-order valence-corrected chi connectivity index (χ0v) is 8.17. The third kappa shape index (κ3) is 3.02. The fraction of sp³-hybridized carbons (Fsp3) is 0.125. The van der Waals surface area contributed by atoms with Crippen LogP contribution >= 0.6 is 15.9 Å². The minimum absolute atomic E-state index is 0.0341. The van der Waals surface area contributed by atoms with E-state index in [1.807, 2.05) is 0 Å². The Kier molecular flexibility index (Phi) is 3.25. The van der Waals surface area contributed by atoms with Crippen molar-refractivity contribution in [3.05, 3.63) is 34.1 Å². The average Bonchev–Trinajstić information content (AvgIpc) is 2.06. The summed E-state index contributed by atoms with van der Waals surface area (Å²) in [5.74, 6) is -0.383. The molecule has 0 aliphatic rings. The molecule has 0 aliphatic heterocycles. The average molecular weight is 248 g/mol. The molecule has 13 heavy (non-hydrogen) atoms. The van der Waals surface area contributed by atoms with Crippen molar-refractivity contribution in [3.63, 3.8) is 0 Å². The van der Waals surface area contributed by atoms with Gasteiger partial charge in [0.15, 0.2) is 0 Å². The van der Waals surface area contributed by atoms with Crippen molar-refractivity contribution < 1.29 is 13.9 Å². The fourth-order valence-electron chi connectivity index (χ4n) is 0.803. The number of nitrogens with two attached hydrogens (primary N) is 1. The topological polar surface area (TPSA) is 52.3 Å². The van der Waals surface area contributed by atoms with Crippen LogP contribution in [0.2, 0.25) is 0 Å². The third-order valence-corrected chi connectivity index (χ3v) is 2.15. The Morgan fingerprint density at radius 2 is 2.31 bits per heavy atom. The highest BCUT2D eigenvalue weighted by molar-refractivity contribution is 9.10. The minimum atomic E-state index is -0.879. The van der Waals surface area contributed by atoms with Crippen LogP contribution in [0.25, 0.3) is 0 Å². The molecule has 0 bridgehead atoms. The van der Waals surface area contributed by atoms with Crippen LogP contribution in [-0.2, 0) is 11.3 Å². The van der Waals surface area contributed by atoms with Crippen molar-refractivity contribution in [2.75, 3.05) is 0 Å². The first-order valence-corrected chi connectivity index (χ1v) is 4.25. The van der Waals surface area contributed by atoms with E-state index in [0.717, 1.165) is 0 Å². The van der Waals surface area contributed by atoms with Gasteiger partial charge in [-0.3, -0.25) is 0 Å². The SMILES string of the molecule is NC(=O)OCc1cc(F)ccc1Br. The Balaban J connectivity index is 2.75. The molecule has 0 spiro atoms. The number of carbonyl (C=O) groups excluding carboxylic acids is 1. The molecule has 1 aromatic carbocycles. The van der Waals surface area contributed by atoms with E-state index >= 15 is 0 Å². The molecule has 3 nitrogen and oxygen atoms in total. The third-order valence-electron chi connectivity index (χ3n) is 1.38. The predicted molar refractivity (Wildman–Crippen MR) is 48.5 cm³/mol. The zero-order chi connectivity index (χ0) is 9.84. The van der Waals surface area contributed by atoms with Crippen LogP contribution in [0.15, 0.2) is 22.7 Å². The van der Waals surface area contributed by atoms with Gasteiger partial charge in [0.05, 0.1) is 0 Å². The molecule has 2 N–H and O–H groups in total. The van der Waals surface area contributed by atoms with E-state index in [0.29, 0.717) is 10.0 Å². The van der Waals surface area contributed by atoms with E-state index in [9.17, 15) is 9.18 Å². The molecular formula is C8H7BrFNO2. The molecule has 0 saturated carbocycles. The highest BCUT2D eigenvalue weighted by atomic mass is 79.9. The van der Waals surface area contributed by atoms with E-state index in [-0.39, 0.29) is 12.4 Å². The number of hydrogen-bond donors (Lipinski definition) is 1. The predicted octanol–water partition coefficient (Wildman–Crippen LogP) is 2.18. The summed E-state index contributed by atoms with van der Waals surface area (Å²) in [6.45, 7) is -0.0341. The first-order valence-electron chi connectivity index (χ1n) is 3.46. The number of amides is 1.